The summed E-state index contributed by atoms with van der Waals surface area (Å²) in [7, 11) is 1.64. The Morgan fingerprint density at radius 1 is 1.60 bits per heavy atom. The lowest BCUT2D eigenvalue weighted by atomic mass is 10.2. The minimum absolute atomic E-state index is 0.367. The molecular formula is C11H17N3O. The van der Waals surface area contributed by atoms with Crippen molar-refractivity contribution in [3.05, 3.63) is 18.3 Å². The number of nitrogens with one attached hydrogen (secondary N) is 1. The number of anilines is 1. The van der Waals surface area contributed by atoms with E-state index in [9.17, 15) is 0 Å². The maximum Gasteiger partial charge on any atom is 0.137 e. The molecule has 4 heteroatoms. The Hall–Kier alpha value is -1.29. The molecule has 1 fully saturated rings. The van der Waals surface area contributed by atoms with E-state index in [-0.39, 0.29) is 0 Å². The molecule has 0 amide bonds. The predicted octanol–water partition coefficient (Wildman–Crippen LogP) is 1.24. The zero-order valence-corrected chi connectivity index (χ0v) is 8.94. The second kappa shape index (κ2) is 4.49. The number of rotatable bonds is 5. The molecule has 1 aromatic rings. The molecular weight excluding hydrogens is 190 g/mol. The molecule has 0 saturated heterocycles. The molecule has 1 heterocycles. The Morgan fingerprint density at radius 2 is 2.40 bits per heavy atom. The average Bonchev–Trinajstić information content (AvgIpc) is 3.10. The van der Waals surface area contributed by atoms with Crippen LogP contribution in [0.2, 0.25) is 0 Å². The number of ether oxygens (including phenoxy) is 1. The fourth-order valence-electron chi connectivity index (χ4n) is 1.64. The second-order valence-corrected chi connectivity index (χ2v) is 3.91. The zero-order valence-electron chi connectivity index (χ0n) is 8.94. The van der Waals surface area contributed by atoms with Crippen LogP contribution in [0.25, 0.3) is 0 Å². The molecule has 1 aromatic heterocycles. The molecule has 0 spiro atoms. The Labute approximate surface area is 89.8 Å². The van der Waals surface area contributed by atoms with E-state index in [0.717, 1.165) is 17.5 Å². The van der Waals surface area contributed by atoms with Crippen molar-refractivity contribution >= 4 is 5.82 Å². The fourth-order valence-corrected chi connectivity index (χ4v) is 1.64. The van der Waals surface area contributed by atoms with Gasteiger partial charge in [0.25, 0.3) is 0 Å². The molecule has 0 radical (unpaired) electrons. The van der Waals surface area contributed by atoms with Crippen molar-refractivity contribution in [2.24, 2.45) is 11.7 Å². The number of hydrogen-bond donors (Lipinski definition) is 2. The molecule has 0 aromatic carbocycles. The van der Waals surface area contributed by atoms with Crippen LogP contribution in [0.4, 0.5) is 5.82 Å². The molecule has 2 rings (SSSR count). The highest BCUT2D eigenvalue weighted by atomic mass is 16.5. The van der Waals surface area contributed by atoms with Gasteiger partial charge in [0.2, 0.25) is 0 Å². The number of nitrogens with zero attached hydrogens (tertiary/aromatic N) is 1. The van der Waals surface area contributed by atoms with E-state index in [0.29, 0.717) is 12.6 Å². The summed E-state index contributed by atoms with van der Waals surface area (Å²) in [4.78, 5) is 4.26. The third kappa shape index (κ3) is 2.59. The number of hydrogen-bond acceptors (Lipinski definition) is 4. The van der Waals surface area contributed by atoms with Crippen LogP contribution in [0.3, 0.4) is 0 Å². The minimum Gasteiger partial charge on any atom is -0.495 e. The highest BCUT2D eigenvalue weighted by Crippen LogP contribution is 2.33. The Bertz CT molecular complexity index is 308. The summed E-state index contributed by atoms with van der Waals surface area (Å²) in [5.74, 6) is 2.38. The normalized spacial score (nSPS) is 17.2. The minimum atomic E-state index is 0.367. The van der Waals surface area contributed by atoms with Crippen molar-refractivity contribution in [1.82, 2.24) is 4.98 Å². The van der Waals surface area contributed by atoms with Crippen molar-refractivity contribution in [2.45, 2.75) is 18.9 Å². The Balaban J connectivity index is 1.96. The van der Waals surface area contributed by atoms with Crippen LogP contribution in [-0.2, 0) is 0 Å². The molecule has 1 aliphatic rings. The van der Waals surface area contributed by atoms with Crippen LogP contribution in [0.5, 0.6) is 5.75 Å². The van der Waals surface area contributed by atoms with Gasteiger partial charge in [-0.3, -0.25) is 0 Å². The molecule has 1 atom stereocenters. The van der Waals surface area contributed by atoms with Crippen molar-refractivity contribution < 1.29 is 4.74 Å². The van der Waals surface area contributed by atoms with E-state index in [1.54, 1.807) is 13.3 Å². The largest absolute Gasteiger partial charge is 0.495 e. The molecule has 0 aliphatic heterocycles. The van der Waals surface area contributed by atoms with Gasteiger partial charge in [0.05, 0.1) is 13.3 Å². The van der Waals surface area contributed by atoms with Crippen LogP contribution in [-0.4, -0.2) is 24.7 Å². The second-order valence-electron chi connectivity index (χ2n) is 3.91. The molecule has 1 unspecified atom stereocenters. The summed E-state index contributed by atoms with van der Waals surface area (Å²) < 4.78 is 5.05. The van der Waals surface area contributed by atoms with Crippen LogP contribution in [0.1, 0.15) is 12.8 Å². The number of methoxy groups -OCH3 is 1. The third-order valence-corrected chi connectivity index (χ3v) is 2.75. The standard InChI is InChI=1S/C11H17N3O/c1-15-9-4-5-11(13-7-9)14-10(6-12)8-2-3-8/h4-5,7-8,10H,2-3,6,12H2,1H3,(H,13,14). The molecule has 15 heavy (non-hydrogen) atoms. The Kier molecular flexibility index (Phi) is 3.06. The first kappa shape index (κ1) is 10.2. The first-order chi connectivity index (χ1) is 7.33. The van der Waals surface area contributed by atoms with E-state index in [1.165, 1.54) is 12.8 Å². The van der Waals surface area contributed by atoms with Gasteiger partial charge in [-0.15, -0.1) is 0 Å². The van der Waals surface area contributed by atoms with E-state index in [1.807, 2.05) is 12.1 Å². The van der Waals surface area contributed by atoms with Gasteiger partial charge in [-0.1, -0.05) is 0 Å². The lowest BCUT2D eigenvalue weighted by Crippen LogP contribution is -2.31. The Morgan fingerprint density at radius 3 is 2.87 bits per heavy atom. The van der Waals surface area contributed by atoms with E-state index in [2.05, 4.69) is 10.3 Å². The molecule has 82 valence electrons. The lowest BCUT2D eigenvalue weighted by molar-refractivity contribution is 0.413. The van der Waals surface area contributed by atoms with Gasteiger partial charge >= 0.3 is 0 Å². The summed E-state index contributed by atoms with van der Waals surface area (Å²) in [5.41, 5.74) is 5.70. The van der Waals surface area contributed by atoms with Gasteiger partial charge in [0.15, 0.2) is 0 Å². The zero-order chi connectivity index (χ0) is 10.7. The maximum absolute atomic E-state index is 5.70. The molecule has 1 saturated carbocycles. The number of aromatic nitrogens is 1. The highest BCUT2D eigenvalue weighted by molar-refractivity contribution is 5.39. The molecule has 1 aliphatic carbocycles. The summed E-state index contributed by atoms with van der Waals surface area (Å²) in [6.45, 7) is 0.665. The average molecular weight is 207 g/mol. The van der Waals surface area contributed by atoms with Crippen LogP contribution < -0.4 is 15.8 Å². The van der Waals surface area contributed by atoms with Crippen LogP contribution >= 0.6 is 0 Å². The van der Waals surface area contributed by atoms with E-state index < -0.39 is 0 Å². The highest BCUT2D eigenvalue weighted by Gasteiger charge is 2.30. The fraction of sp³-hybridized carbons (Fsp3) is 0.545. The smallest absolute Gasteiger partial charge is 0.137 e. The predicted molar refractivity (Wildman–Crippen MR) is 60.0 cm³/mol. The monoisotopic (exact) mass is 207 g/mol. The first-order valence-corrected chi connectivity index (χ1v) is 5.30. The SMILES string of the molecule is COc1ccc(NC(CN)C2CC2)nc1. The summed E-state index contributed by atoms with van der Waals surface area (Å²) in [5, 5.41) is 3.35. The first-order valence-electron chi connectivity index (χ1n) is 5.30. The van der Waals surface area contributed by atoms with Crippen molar-refractivity contribution in [2.75, 3.05) is 19.0 Å². The summed E-state index contributed by atoms with van der Waals surface area (Å²) >= 11 is 0. The van der Waals surface area contributed by atoms with Gasteiger partial charge in [-0.25, -0.2) is 4.98 Å². The van der Waals surface area contributed by atoms with Crippen molar-refractivity contribution in [1.29, 1.82) is 0 Å². The van der Waals surface area contributed by atoms with Crippen LogP contribution in [0, 0.1) is 5.92 Å². The molecule has 3 N–H and O–H groups in total. The lowest BCUT2D eigenvalue weighted by Gasteiger charge is -2.16. The molecule has 4 nitrogen and oxygen atoms in total. The molecule has 0 bridgehead atoms. The number of pyridine rings is 1. The summed E-state index contributed by atoms with van der Waals surface area (Å²) in [6, 6.07) is 4.19. The third-order valence-electron chi connectivity index (χ3n) is 2.75. The van der Waals surface area contributed by atoms with Gasteiger partial charge in [-0.05, 0) is 30.9 Å². The number of nitrogens with two attached hydrogens (primary N) is 1. The quantitative estimate of drug-likeness (QED) is 0.762. The van der Waals surface area contributed by atoms with Gasteiger partial charge < -0.3 is 15.8 Å². The van der Waals surface area contributed by atoms with E-state index in [4.69, 9.17) is 10.5 Å². The van der Waals surface area contributed by atoms with Crippen molar-refractivity contribution in [3.63, 3.8) is 0 Å². The van der Waals surface area contributed by atoms with Crippen molar-refractivity contribution in [3.8, 4) is 5.75 Å². The van der Waals surface area contributed by atoms with Crippen LogP contribution in [0.15, 0.2) is 18.3 Å². The summed E-state index contributed by atoms with van der Waals surface area (Å²) in [6.07, 6.45) is 4.28. The topological polar surface area (TPSA) is 60.2 Å². The van der Waals surface area contributed by atoms with Gasteiger partial charge in [0, 0.05) is 12.6 Å². The maximum atomic E-state index is 5.70. The van der Waals surface area contributed by atoms with E-state index >= 15 is 0 Å². The van der Waals surface area contributed by atoms with Gasteiger partial charge in [-0.2, -0.15) is 0 Å². The van der Waals surface area contributed by atoms with Gasteiger partial charge in [0.1, 0.15) is 11.6 Å².